The van der Waals surface area contributed by atoms with Gasteiger partial charge in [0.05, 0.1) is 13.4 Å². The summed E-state index contributed by atoms with van der Waals surface area (Å²) in [5.74, 6) is 0.286. The molecule has 0 bridgehead atoms. The Morgan fingerprint density at radius 3 is 2.29 bits per heavy atom. The van der Waals surface area contributed by atoms with Crippen LogP contribution in [0.2, 0.25) is 0 Å². The van der Waals surface area contributed by atoms with Gasteiger partial charge in [0.15, 0.2) is 0 Å². The number of sulfonamides is 2. The van der Waals surface area contributed by atoms with Crippen LogP contribution in [0.5, 0.6) is 5.75 Å². The molecule has 136 valence electrons. The number of hydrogen-bond acceptors (Lipinski definition) is 5. The molecular weight excluding hydrogens is 420 g/mol. The highest BCUT2D eigenvalue weighted by atomic mass is 79.9. The van der Waals surface area contributed by atoms with Crippen molar-refractivity contribution in [3.63, 3.8) is 0 Å². The summed E-state index contributed by atoms with van der Waals surface area (Å²) in [7, 11) is -4.03. The molecule has 0 amide bonds. The van der Waals surface area contributed by atoms with E-state index in [9.17, 15) is 16.8 Å². The summed E-state index contributed by atoms with van der Waals surface area (Å²) in [4.78, 5) is 0.106. The molecule has 1 aliphatic heterocycles. The van der Waals surface area contributed by atoms with Crippen LogP contribution in [0.4, 0.5) is 0 Å². The first kappa shape index (κ1) is 19.6. The molecule has 1 aliphatic rings. The zero-order chi connectivity index (χ0) is 18.1. The van der Waals surface area contributed by atoms with Crippen molar-refractivity contribution in [1.29, 1.82) is 0 Å². The standard InChI is InChI=1S/C14H21BrN2O5S2/c1-16(23(3,18)19)12-6-8-17(9-7-12)24(20,21)14-10-11(15)4-5-13(14)22-2/h4-5,10,12H,6-9H2,1-3H3. The Bertz CT molecular complexity index is 802. The highest BCUT2D eigenvalue weighted by Gasteiger charge is 2.34. The van der Waals surface area contributed by atoms with Crippen LogP contribution in [-0.2, 0) is 20.0 Å². The number of rotatable bonds is 5. The number of halogens is 1. The lowest BCUT2D eigenvalue weighted by atomic mass is 10.1. The molecule has 24 heavy (non-hydrogen) atoms. The van der Waals surface area contributed by atoms with Gasteiger partial charge in [0.1, 0.15) is 10.6 Å². The Labute approximate surface area is 151 Å². The van der Waals surface area contributed by atoms with Gasteiger partial charge in [0.2, 0.25) is 20.0 Å². The lowest BCUT2D eigenvalue weighted by Crippen LogP contribution is -2.46. The first-order valence-electron chi connectivity index (χ1n) is 7.34. The minimum atomic E-state index is -3.70. The van der Waals surface area contributed by atoms with E-state index in [0.29, 0.717) is 17.3 Å². The van der Waals surface area contributed by atoms with E-state index in [2.05, 4.69) is 15.9 Å². The molecule has 1 aromatic rings. The molecule has 0 aliphatic carbocycles. The summed E-state index contributed by atoms with van der Waals surface area (Å²) in [5, 5.41) is 0. The van der Waals surface area contributed by atoms with Gasteiger partial charge < -0.3 is 4.74 Å². The second kappa shape index (κ2) is 7.28. The summed E-state index contributed by atoms with van der Waals surface area (Å²) < 4.78 is 57.5. The van der Waals surface area contributed by atoms with E-state index in [0.717, 1.165) is 6.26 Å². The third-order valence-electron chi connectivity index (χ3n) is 4.20. The molecule has 2 rings (SSSR count). The van der Waals surface area contributed by atoms with E-state index < -0.39 is 20.0 Å². The zero-order valence-corrected chi connectivity index (χ0v) is 17.0. The van der Waals surface area contributed by atoms with Gasteiger partial charge in [-0.3, -0.25) is 0 Å². The average molecular weight is 441 g/mol. The van der Waals surface area contributed by atoms with Crippen molar-refractivity contribution in [2.24, 2.45) is 0 Å². The molecule has 0 radical (unpaired) electrons. The van der Waals surface area contributed by atoms with Gasteiger partial charge in [0.25, 0.3) is 0 Å². The molecule has 7 nitrogen and oxygen atoms in total. The Balaban J connectivity index is 2.21. The van der Waals surface area contributed by atoms with Crippen molar-refractivity contribution < 1.29 is 21.6 Å². The third kappa shape index (κ3) is 4.10. The fourth-order valence-corrected chi connectivity index (χ4v) is 5.62. The van der Waals surface area contributed by atoms with Gasteiger partial charge in [-0.05, 0) is 31.0 Å². The fourth-order valence-electron chi connectivity index (χ4n) is 2.71. The Morgan fingerprint density at radius 2 is 1.79 bits per heavy atom. The monoisotopic (exact) mass is 440 g/mol. The molecule has 1 heterocycles. The van der Waals surface area contributed by atoms with Crippen LogP contribution in [0, 0.1) is 0 Å². The van der Waals surface area contributed by atoms with Crippen molar-refractivity contribution in [3.05, 3.63) is 22.7 Å². The fraction of sp³-hybridized carbons (Fsp3) is 0.571. The largest absolute Gasteiger partial charge is 0.495 e. The van der Waals surface area contributed by atoms with Gasteiger partial charge in [-0.2, -0.15) is 4.31 Å². The van der Waals surface area contributed by atoms with E-state index in [4.69, 9.17) is 4.74 Å². The maximum Gasteiger partial charge on any atom is 0.246 e. The normalized spacial score (nSPS) is 18.0. The van der Waals surface area contributed by atoms with Crippen molar-refractivity contribution in [3.8, 4) is 5.75 Å². The summed E-state index contributed by atoms with van der Waals surface area (Å²) >= 11 is 3.28. The lowest BCUT2D eigenvalue weighted by molar-refractivity contribution is 0.238. The molecule has 1 saturated heterocycles. The number of methoxy groups -OCH3 is 1. The average Bonchev–Trinajstić information content (AvgIpc) is 2.53. The molecule has 0 aromatic heterocycles. The zero-order valence-electron chi connectivity index (χ0n) is 13.8. The van der Waals surface area contributed by atoms with Gasteiger partial charge in [-0.15, -0.1) is 0 Å². The third-order valence-corrected chi connectivity index (χ3v) is 7.96. The van der Waals surface area contributed by atoms with Crippen LogP contribution in [0.3, 0.4) is 0 Å². The summed E-state index contributed by atoms with van der Waals surface area (Å²) in [6, 6.07) is 4.64. The minimum absolute atomic E-state index is 0.106. The van der Waals surface area contributed by atoms with Gasteiger partial charge in [0, 0.05) is 30.7 Å². The van der Waals surface area contributed by atoms with Crippen LogP contribution in [0.25, 0.3) is 0 Å². The Hall–Kier alpha value is -0.680. The van der Waals surface area contributed by atoms with Crippen LogP contribution < -0.4 is 4.74 Å². The van der Waals surface area contributed by atoms with Crippen molar-refractivity contribution in [2.75, 3.05) is 33.5 Å². The van der Waals surface area contributed by atoms with Crippen LogP contribution in [-0.4, -0.2) is 65.0 Å². The van der Waals surface area contributed by atoms with E-state index >= 15 is 0 Å². The number of hydrogen-bond donors (Lipinski definition) is 0. The highest BCUT2D eigenvalue weighted by molar-refractivity contribution is 9.10. The van der Waals surface area contributed by atoms with Gasteiger partial charge in [-0.25, -0.2) is 21.1 Å². The van der Waals surface area contributed by atoms with Gasteiger partial charge >= 0.3 is 0 Å². The molecule has 0 saturated carbocycles. The first-order valence-corrected chi connectivity index (χ1v) is 11.4. The number of nitrogens with zero attached hydrogens (tertiary/aromatic N) is 2. The van der Waals surface area contributed by atoms with Crippen LogP contribution >= 0.6 is 15.9 Å². The minimum Gasteiger partial charge on any atom is -0.495 e. The van der Waals surface area contributed by atoms with E-state index in [-0.39, 0.29) is 29.8 Å². The van der Waals surface area contributed by atoms with E-state index in [1.807, 2.05) is 0 Å². The molecule has 0 N–H and O–H groups in total. The first-order chi connectivity index (χ1) is 11.1. The predicted octanol–water partition coefficient (Wildman–Crippen LogP) is 1.50. The van der Waals surface area contributed by atoms with Crippen molar-refractivity contribution in [2.45, 2.75) is 23.8 Å². The van der Waals surface area contributed by atoms with Crippen LogP contribution in [0.15, 0.2) is 27.6 Å². The number of benzene rings is 1. The van der Waals surface area contributed by atoms with Gasteiger partial charge in [-0.1, -0.05) is 15.9 Å². The quantitative estimate of drug-likeness (QED) is 0.692. The molecular formula is C14H21BrN2O5S2. The van der Waals surface area contributed by atoms with E-state index in [1.54, 1.807) is 12.1 Å². The molecule has 0 unspecified atom stereocenters. The summed E-state index contributed by atoms with van der Waals surface area (Å²) in [6.07, 6.45) is 2.07. The highest BCUT2D eigenvalue weighted by Crippen LogP contribution is 2.31. The predicted molar refractivity (Wildman–Crippen MR) is 95.1 cm³/mol. The summed E-state index contributed by atoms with van der Waals surface area (Å²) in [5.41, 5.74) is 0. The summed E-state index contributed by atoms with van der Waals surface area (Å²) in [6.45, 7) is 0.533. The topological polar surface area (TPSA) is 84.0 Å². The van der Waals surface area contributed by atoms with E-state index in [1.165, 1.54) is 28.8 Å². The molecule has 10 heteroatoms. The maximum absolute atomic E-state index is 12.9. The number of piperidine rings is 1. The second-order valence-corrected chi connectivity index (χ2v) is 10.6. The SMILES string of the molecule is COc1ccc(Br)cc1S(=O)(=O)N1CCC(N(C)S(C)(=O)=O)CC1. The Kier molecular flexibility index (Phi) is 5.96. The second-order valence-electron chi connectivity index (χ2n) is 5.71. The number of ether oxygens (including phenoxy) is 1. The van der Waals surface area contributed by atoms with Crippen molar-refractivity contribution in [1.82, 2.24) is 8.61 Å². The van der Waals surface area contributed by atoms with Crippen molar-refractivity contribution >= 4 is 36.0 Å². The van der Waals surface area contributed by atoms with Crippen LogP contribution in [0.1, 0.15) is 12.8 Å². The lowest BCUT2D eigenvalue weighted by Gasteiger charge is -2.35. The Morgan fingerprint density at radius 1 is 1.21 bits per heavy atom. The molecule has 0 spiro atoms. The molecule has 1 fully saturated rings. The molecule has 0 atom stereocenters. The maximum atomic E-state index is 12.9. The smallest absolute Gasteiger partial charge is 0.246 e. The molecule has 1 aromatic carbocycles.